The van der Waals surface area contributed by atoms with Crippen LogP contribution in [0.4, 0.5) is 20.8 Å². The summed E-state index contributed by atoms with van der Waals surface area (Å²) in [6, 6.07) is 7.18. The van der Waals surface area contributed by atoms with Gasteiger partial charge in [0.2, 0.25) is 11.8 Å². The molecule has 1 aromatic carbocycles. The number of fused-ring (bicyclic) bond motifs is 1. The third-order valence-corrected chi connectivity index (χ3v) is 4.66. The van der Waals surface area contributed by atoms with Crippen molar-refractivity contribution in [2.24, 2.45) is 0 Å². The SMILES string of the molecule is C[C@H](NC(=O)N1CCOc2ncc(C#Cc3cnc(N)nc3)cc21)c1ccccc1F. The molecule has 0 spiro atoms. The molecule has 3 aromatic rings. The molecule has 2 aromatic heterocycles. The van der Waals surface area contributed by atoms with Crippen molar-refractivity contribution in [1.29, 1.82) is 0 Å². The number of rotatable bonds is 2. The molecule has 3 N–H and O–H groups in total. The number of amides is 2. The molecule has 8 nitrogen and oxygen atoms in total. The van der Waals surface area contributed by atoms with Crippen LogP contribution < -0.4 is 20.7 Å². The van der Waals surface area contributed by atoms with Gasteiger partial charge in [-0.3, -0.25) is 4.90 Å². The summed E-state index contributed by atoms with van der Waals surface area (Å²) in [6.07, 6.45) is 4.61. The van der Waals surface area contributed by atoms with Gasteiger partial charge in [-0.25, -0.2) is 24.1 Å². The van der Waals surface area contributed by atoms with Crippen LogP contribution in [0.2, 0.25) is 0 Å². The van der Waals surface area contributed by atoms with E-state index in [4.69, 9.17) is 10.5 Å². The number of pyridine rings is 1. The van der Waals surface area contributed by atoms with Gasteiger partial charge in [0, 0.05) is 29.7 Å². The zero-order valence-corrected chi connectivity index (χ0v) is 16.7. The smallest absolute Gasteiger partial charge is 0.322 e. The van der Waals surface area contributed by atoms with Gasteiger partial charge in [0.1, 0.15) is 18.1 Å². The standard InChI is InChI=1S/C22H19FN6O2/c1-14(17-4-2-3-5-18(17)23)28-22(30)29-8-9-31-20-19(29)10-15(11-25-20)6-7-16-12-26-21(24)27-13-16/h2-5,10-14H,8-9H2,1H3,(H,28,30)(H2,24,26,27)/t14-/m0/s1. The Kier molecular flexibility index (Phi) is 5.62. The number of carbonyl (C=O) groups is 1. The average molecular weight is 418 g/mol. The van der Waals surface area contributed by atoms with Crippen LogP contribution in [0.5, 0.6) is 5.88 Å². The Morgan fingerprint density at radius 3 is 2.68 bits per heavy atom. The van der Waals surface area contributed by atoms with Gasteiger partial charge in [-0.05, 0) is 19.1 Å². The summed E-state index contributed by atoms with van der Waals surface area (Å²) in [5.41, 5.74) is 7.55. The number of carbonyl (C=O) groups excluding carboxylic acids is 1. The van der Waals surface area contributed by atoms with Crippen LogP contribution >= 0.6 is 0 Å². The van der Waals surface area contributed by atoms with Gasteiger partial charge >= 0.3 is 6.03 Å². The monoisotopic (exact) mass is 418 g/mol. The van der Waals surface area contributed by atoms with E-state index in [1.54, 1.807) is 37.4 Å². The van der Waals surface area contributed by atoms with Crippen molar-refractivity contribution in [1.82, 2.24) is 20.3 Å². The highest BCUT2D eigenvalue weighted by Gasteiger charge is 2.26. The lowest BCUT2D eigenvalue weighted by atomic mass is 10.1. The summed E-state index contributed by atoms with van der Waals surface area (Å²) in [4.78, 5) is 26.5. The fourth-order valence-electron chi connectivity index (χ4n) is 3.09. The van der Waals surface area contributed by atoms with E-state index in [9.17, 15) is 9.18 Å². The molecule has 31 heavy (non-hydrogen) atoms. The number of hydrogen-bond acceptors (Lipinski definition) is 6. The third-order valence-electron chi connectivity index (χ3n) is 4.66. The minimum atomic E-state index is -0.513. The second kappa shape index (κ2) is 8.67. The molecular formula is C22H19FN6O2. The number of hydrogen-bond donors (Lipinski definition) is 2. The van der Waals surface area contributed by atoms with Crippen molar-refractivity contribution in [3.8, 4) is 17.7 Å². The Labute approximate surface area is 178 Å². The maximum Gasteiger partial charge on any atom is 0.322 e. The Morgan fingerprint density at radius 1 is 1.19 bits per heavy atom. The zero-order valence-electron chi connectivity index (χ0n) is 16.7. The first kappa shape index (κ1) is 20.1. The van der Waals surface area contributed by atoms with E-state index in [1.807, 2.05) is 0 Å². The first-order chi connectivity index (χ1) is 15.0. The molecule has 0 radical (unpaired) electrons. The number of anilines is 2. The number of nitrogen functional groups attached to an aromatic ring is 1. The molecule has 9 heteroatoms. The molecular weight excluding hydrogens is 399 g/mol. The van der Waals surface area contributed by atoms with Crippen molar-refractivity contribution >= 4 is 17.7 Å². The Hall–Kier alpha value is -4.19. The van der Waals surface area contributed by atoms with Gasteiger partial charge in [-0.2, -0.15) is 0 Å². The summed E-state index contributed by atoms with van der Waals surface area (Å²) in [5.74, 6) is 6.03. The lowest BCUT2D eigenvalue weighted by Crippen LogP contribution is -2.45. The largest absolute Gasteiger partial charge is 0.474 e. The van der Waals surface area contributed by atoms with Crippen molar-refractivity contribution in [3.63, 3.8) is 0 Å². The first-order valence-corrected chi connectivity index (χ1v) is 9.56. The Balaban J connectivity index is 1.55. The minimum absolute atomic E-state index is 0.171. The lowest BCUT2D eigenvalue weighted by molar-refractivity contribution is 0.235. The summed E-state index contributed by atoms with van der Waals surface area (Å²) < 4.78 is 19.6. The van der Waals surface area contributed by atoms with Gasteiger partial charge in [0.25, 0.3) is 0 Å². The maximum atomic E-state index is 14.0. The van der Waals surface area contributed by atoms with Gasteiger partial charge in [0.05, 0.1) is 18.2 Å². The molecule has 0 aliphatic carbocycles. The van der Waals surface area contributed by atoms with E-state index in [0.717, 1.165) is 0 Å². The van der Waals surface area contributed by atoms with Gasteiger partial charge in [-0.1, -0.05) is 30.0 Å². The van der Waals surface area contributed by atoms with Crippen molar-refractivity contribution in [2.75, 3.05) is 23.8 Å². The summed E-state index contributed by atoms with van der Waals surface area (Å²) in [6.45, 7) is 2.36. The average Bonchev–Trinajstić information content (AvgIpc) is 2.78. The maximum absolute atomic E-state index is 14.0. The summed E-state index contributed by atoms with van der Waals surface area (Å²) in [7, 11) is 0. The number of benzene rings is 1. The van der Waals surface area contributed by atoms with Gasteiger partial charge in [-0.15, -0.1) is 0 Å². The fraction of sp³-hybridized carbons (Fsp3) is 0.182. The van der Waals surface area contributed by atoms with E-state index >= 15 is 0 Å². The molecule has 1 aliphatic rings. The number of halogens is 1. The third kappa shape index (κ3) is 4.53. The molecule has 1 atom stereocenters. The highest BCUT2D eigenvalue weighted by Crippen LogP contribution is 2.30. The van der Waals surface area contributed by atoms with Crippen LogP contribution in [0.25, 0.3) is 0 Å². The van der Waals surface area contributed by atoms with Crippen molar-refractivity contribution in [2.45, 2.75) is 13.0 Å². The van der Waals surface area contributed by atoms with Crippen molar-refractivity contribution in [3.05, 3.63) is 71.4 Å². The van der Waals surface area contributed by atoms with Gasteiger partial charge in [0.15, 0.2) is 0 Å². The molecule has 2 amide bonds. The fourth-order valence-corrected chi connectivity index (χ4v) is 3.09. The van der Waals surface area contributed by atoms with E-state index in [1.165, 1.54) is 23.4 Å². The molecule has 1 aliphatic heterocycles. The van der Waals surface area contributed by atoms with Crippen molar-refractivity contribution < 1.29 is 13.9 Å². The number of urea groups is 1. The topological polar surface area (TPSA) is 106 Å². The summed E-state index contributed by atoms with van der Waals surface area (Å²) in [5, 5.41) is 2.83. The second-order valence-electron chi connectivity index (χ2n) is 6.82. The molecule has 0 unspecified atom stereocenters. The number of aromatic nitrogens is 3. The number of nitrogens with zero attached hydrogens (tertiary/aromatic N) is 4. The van der Waals surface area contributed by atoms with E-state index < -0.39 is 6.04 Å². The predicted molar refractivity (Wildman–Crippen MR) is 113 cm³/mol. The van der Waals surface area contributed by atoms with Gasteiger partial charge < -0.3 is 15.8 Å². The van der Waals surface area contributed by atoms with Crippen LogP contribution in [-0.2, 0) is 0 Å². The predicted octanol–water partition coefficient (Wildman–Crippen LogP) is 2.66. The van der Waals surface area contributed by atoms with Crippen LogP contribution in [0.15, 0.2) is 48.9 Å². The number of nitrogens with two attached hydrogens (primary N) is 1. The Bertz CT molecular complexity index is 1170. The van der Waals surface area contributed by atoms with E-state index in [2.05, 4.69) is 32.1 Å². The molecule has 4 rings (SSSR count). The first-order valence-electron chi connectivity index (χ1n) is 9.56. The lowest BCUT2D eigenvalue weighted by Gasteiger charge is -2.30. The van der Waals surface area contributed by atoms with E-state index in [-0.39, 0.29) is 17.8 Å². The molecule has 3 heterocycles. The highest BCUT2D eigenvalue weighted by atomic mass is 19.1. The molecule has 0 saturated carbocycles. The minimum Gasteiger partial charge on any atom is -0.474 e. The highest BCUT2D eigenvalue weighted by molar-refractivity contribution is 5.94. The van der Waals surface area contributed by atoms with E-state index in [0.29, 0.717) is 41.4 Å². The van der Waals surface area contributed by atoms with Crippen LogP contribution in [-0.4, -0.2) is 34.1 Å². The number of ether oxygens (including phenoxy) is 1. The Morgan fingerprint density at radius 2 is 1.90 bits per heavy atom. The van der Waals surface area contributed by atoms with Crippen LogP contribution in [0.3, 0.4) is 0 Å². The van der Waals surface area contributed by atoms with Crippen LogP contribution in [0, 0.1) is 17.7 Å². The second-order valence-corrected chi connectivity index (χ2v) is 6.82. The van der Waals surface area contributed by atoms with Crippen LogP contribution in [0.1, 0.15) is 29.7 Å². The normalized spacial score (nSPS) is 13.3. The summed E-state index contributed by atoms with van der Waals surface area (Å²) >= 11 is 0. The zero-order chi connectivity index (χ0) is 21.8. The molecule has 0 fully saturated rings. The molecule has 0 saturated heterocycles. The number of nitrogens with one attached hydrogen (secondary N) is 1. The quantitative estimate of drug-likeness (QED) is 0.620. The molecule has 0 bridgehead atoms. The molecule has 156 valence electrons.